The van der Waals surface area contributed by atoms with Crippen LogP contribution in [0.3, 0.4) is 0 Å². The monoisotopic (exact) mass is 417 g/mol. The average molecular weight is 417 g/mol. The van der Waals surface area contributed by atoms with Crippen molar-refractivity contribution in [2.75, 3.05) is 31.1 Å². The number of piperidine rings is 1. The number of hydrogen-bond acceptors (Lipinski definition) is 4. The van der Waals surface area contributed by atoms with Gasteiger partial charge in [-0.15, -0.1) is 0 Å². The van der Waals surface area contributed by atoms with Crippen LogP contribution in [0, 0.1) is 29.0 Å². The average Bonchev–Trinajstić information content (AvgIpc) is 3.52. The molecule has 2 heterocycles. The normalized spacial score (nSPS) is 19.9. The van der Waals surface area contributed by atoms with Crippen molar-refractivity contribution in [2.24, 2.45) is 17.8 Å². The molecule has 2 amide bonds. The lowest BCUT2D eigenvalue weighted by atomic mass is 9.79. The molecule has 1 aromatic rings. The van der Waals surface area contributed by atoms with Crippen LogP contribution in [0.1, 0.15) is 31.2 Å². The van der Waals surface area contributed by atoms with Gasteiger partial charge in [-0.1, -0.05) is 12.1 Å². The number of amides is 2. The molecule has 0 bridgehead atoms. The first-order valence-corrected chi connectivity index (χ1v) is 10.6. The minimum Gasteiger partial charge on any atom is -0.465 e. The van der Waals surface area contributed by atoms with E-state index >= 15 is 0 Å². The summed E-state index contributed by atoms with van der Waals surface area (Å²) in [6, 6.07) is 5.16. The van der Waals surface area contributed by atoms with Gasteiger partial charge in [0.2, 0.25) is 5.91 Å². The molecule has 3 fully saturated rings. The topological polar surface area (TPSA) is 109 Å². The molecule has 8 nitrogen and oxygen atoms in total. The van der Waals surface area contributed by atoms with Crippen LogP contribution < -0.4 is 15.5 Å². The first-order valence-electron chi connectivity index (χ1n) is 10.6. The number of hydrogen-bond donors (Lipinski definition) is 4. The van der Waals surface area contributed by atoms with E-state index in [0.717, 1.165) is 51.9 Å². The smallest absolute Gasteiger partial charge is 0.411 e. The first kappa shape index (κ1) is 20.4. The SMILES string of the molecule is N=C(NCc1cccc(N2CC(C3CCN(C(=O)C4CC4)CC3)C2)c1F)NC(=O)O. The van der Waals surface area contributed by atoms with Gasteiger partial charge in [0.1, 0.15) is 0 Å². The molecule has 30 heavy (non-hydrogen) atoms. The van der Waals surface area contributed by atoms with Gasteiger partial charge in [0.05, 0.1) is 5.69 Å². The standard InChI is InChI=1S/C21H28FN5O3/c22-18-15(10-24-20(23)25-21(29)30)2-1-3-17(18)27-11-16(12-27)13-6-8-26(9-7-13)19(28)14-4-5-14/h1-3,13-14,16H,4-12H2,(H,29,30)(H3,23,24,25). The summed E-state index contributed by atoms with van der Waals surface area (Å²) in [4.78, 5) is 26.8. The number of halogens is 1. The third-order valence-corrected chi connectivity index (χ3v) is 6.44. The second kappa shape index (κ2) is 8.49. The van der Waals surface area contributed by atoms with Gasteiger partial charge in [-0.2, -0.15) is 0 Å². The van der Waals surface area contributed by atoms with Crippen LogP contribution in [0.2, 0.25) is 0 Å². The van der Waals surface area contributed by atoms with Gasteiger partial charge in [0.25, 0.3) is 0 Å². The maximum absolute atomic E-state index is 14.9. The fraction of sp³-hybridized carbons (Fsp3) is 0.571. The van der Waals surface area contributed by atoms with Crippen molar-refractivity contribution < 1.29 is 19.1 Å². The third kappa shape index (κ3) is 4.49. The number of nitrogens with zero attached hydrogens (tertiary/aromatic N) is 2. The fourth-order valence-electron chi connectivity index (χ4n) is 4.47. The Morgan fingerprint density at radius 2 is 1.83 bits per heavy atom. The highest BCUT2D eigenvalue weighted by Gasteiger charge is 2.39. The summed E-state index contributed by atoms with van der Waals surface area (Å²) in [5, 5.41) is 20.5. The highest BCUT2D eigenvalue weighted by atomic mass is 19.1. The summed E-state index contributed by atoms with van der Waals surface area (Å²) < 4.78 is 14.9. The van der Waals surface area contributed by atoms with Crippen molar-refractivity contribution in [3.63, 3.8) is 0 Å². The van der Waals surface area contributed by atoms with Crippen LogP contribution >= 0.6 is 0 Å². The second-order valence-electron chi connectivity index (χ2n) is 8.51. The summed E-state index contributed by atoms with van der Waals surface area (Å²) in [5.74, 6) is 1.01. The highest BCUT2D eigenvalue weighted by molar-refractivity contribution is 5.91. The molecule has 2 saturated heterocycles. The van der Waals surface area contributed by atoms with E-state index in [4.69, 9.17) is 10.5 Å². The number of carboxylic acid groups (broad SMARTS) is 1. The number of likely N-dealkylation sites (tertiary alicyclic amines) is 1. The molecule has 0 spiro atoms. The predicted molar refractivity (Wildman–Crippen MR) is 110 cm³/mol. The molecule has 3 aliphatic rings. The predicted octanol–water partition coefficient (Wildman–Crippen LogP) is 2.20. The number of rotatable bonds is 5. The molecule has 1 aromatic carbocycles. The maximum Gasteiger partial charge on any atom is 0.411 e. The van der Waals surface area contributed by atoms with Crippen LogP contribution in [-0.2, 0) is 11.3 Å². The molecule has 0 radical (unpaired) electrons. The van der Waals surface area contributed by atoms with Crippen LogP contribution in [0.15, 0.2) is 18.2 Å². The van der Waals surface area contributed by atoms with Gasteiger partial charge in [-0.3, -0.25) is 15.5 Å². The molecule has 1 saturated carbocycles. The molecule has 9 heteroatoms. The van der Waals surface area contributed by atoms with Gasteiger partial charge in [-0.25, -0.2) is 9.18 Å². The van der Waals surface area contributed by atoms with Crippen LogP contribution in [0.4, 0.5) is 14.9 Å². The van der Waals surface area contributed by atoms with E-state index in [0.29, 0.717) is 29.0 Å². The summed E-state index contributed by atoms with van der Waals surface area (Å²) in [6.07, 6.45) is 2.82. The molecular weight excluding hydrogens is 389 g/mol. The second-order valence-corrected chi connectivity index (χ2v) is 8.51. The molecule has 0 atom stereocenters. The van der Waals surface area contributed by atoms with Crippen molar-refractivity contribution in [1.82, 2.24) is 15.5 Å². The lowest BCUT2D eigenvalue weighted by molar-refractivity contribution is -0.134. The Balaban J connectivity index is 1.27. The molecule has 162 valence electrons. The zero-order valence-corrected chi connectivity index (χ0v) is 16.9. The van der Waals surface area contributed by atoms with E-state index in [1.54, 1.807) is 18.2 Å². The van der Waals surface area contributed by atoms with Crippen molar-refractivity contribution >= 4 is 23.6 Å². The van der Waals surface area contributed by atoms with E-state index < -0.39 is 6.09 Å². The Kier molecular flexibility index (Phi) is 5.78. The van der Waals surface area contributed by atoms with Crippen molar-refractivity contribution in [3.8, 4) is 0 Å². The number of carbonyl (C=O) groups excluding carboxylic acids is 1. The lowest BCUT2D eigenvalue weighted by Gasteiger charge is -2.47. The molecule has 0 aromatic heterocycles. The van der Waals surface area contributed by atoms with Gasteiger partial charge in [0, 0.05) is 44.2 Å². The van der Waals surface area contributed by atoms with Crippen LogP contribution in [0.25, 0.3) is 0 Å². The minimum absolute atomic E-state index is 0.0313. The molecular formula is C21H28FN5O3. The molecule has 1 aliphatic carbocycles. The van der Waals surface area contributed by atoms with Crippen molar-refractivity contribution in [3.05, 3.63) is 29.6 Å². The van der Waals surface area contributed by atoms with Gasteiger partial charge >= 0.3 is 6.09 Å². The molecule has 4 N–H and O–H groups in total. The third-order valence-electron chi connectivity index (χ3n) is 6.44. The number of nitrogens with one attached hydrogen (secondary N) is 3. The van der Waals surface area contributed by atoms with Crippen LogP contribution in [-0.4, -0.2) is 54.1 Å². The van der Waals surface area contributed by atoms with E-state index in [9.17, 15) is 14.0 Å². The van der Waals surface area contributed by atoms with E-state index in [1.165, 1.54) is 0 Å². The molecule has 4 rings (SSSR count). The summed E-state index contributed by atoms with van der Waals surface area (Å²) in [5.41, 5.74) is 0.935. The van der Waals surface area contributed by atoms with E-state index in [1.807, 2.05) is 15.1 Å². The minimum atomic E-state index is -1.34. The molecule has 2 aliphatic heterocycles. The molecule has 0 unspecified atom stereocenters. The highest BCUT2D eigenvalue weighted by Crippen LogP contribution is 2.37. The summed E-state index contributed by atoms with van der Waals surface area (Å²) in [6.45, 7) is 3.35. The Hall–Kier alpha value is -2.84. The Labute approximate surface area is 174 Å². The maximum atomic E-state index is 14.9. The van der Waals surface area contributed by atoms with Crippen molar-refractivity contribution in [2.45, 2.75) is 32.2 Å². The largest absolute Gasteiger partial charge is 0.465 e. The fourth-order valence-corrected chi connectivity index (χ4v) is 4.47. The van der Waals surface area contributed by atoms with Gasteiger partial charge in [0.15, 0.2) is 11.8 Å². The Morgan fingerprint density at radius 3 is 2.47 bits per heavy atom. The zero-order valence-electron chi connectivity index (χ0n) is 16.9. The Morgan fingerprint density at radius 1 is 1.13 bits per heavy atom. The van der Waals surface area contributed by atoms with E-state index in [-0.39, 0.29) is 24.2 Å². The number of guanidine groups is 1. The first-order chi connectivity index (χ1) is 14.4. The zero-order chi connectivity index (χ0) is 21.3. The summed E-state index contributed by atoms with van der Waals surface area (Å²) in [7, 11) is 0. The number of anilines is 1. The quantitative estimate of drug-likeness (QED) is 0.434. The lowest BCUT2D eigenvalue weighted by Crippen LogP contribution is -2.53. The number of benzene rings is 1. The van der Waals surface area contributed by atoms with Crippen molar-refractivity contribution in [1.29, 1.82) is 5.41 Å². The van der Waals surface area contributed by atoms with Gasteiger partial charge in [-0.05, 0) is 43.6 Å². The van der Waals surface area contributed by atoms with Crippen LogP contribution in [0.5, 0.6) is 0 Å². The number of carbonyl (C=O) groups is 2. The van der Waals surface area contributed by atoms with E-state index in [2.05, 4.69) is 5.32 Å². The van der Waals surface area contributed by atoms with Gasteiger partial charge < -0.3 is 20.2 Å². The Bertz CT molecular complexity index is 830. The summed E-state index contributed by atoms with van der Waals surface area (Å²) >= 11 is 0.